The summed E-state index contributed by atoms with van der Waals surface area (Å²) in [6, 6.07) is 16.4. The molecule has 6 heteroatoms. The number of aliphatic hydroxyl groups excluding tert-OH is 1. The average molecular weight is 363 g/mol. The first kappa shape index (κ1) is 17.3. The van der Waals surface area contributed by atoms with Gasteiger partial charge in [-0.3, -0.25) is 9.59 Å². The number of hydrogen-bond acceptors (Lipinski definition) is 3. The van der Waals surface area contributed by atoms with Gasteiger partial charge >= 0.3 is 0 Å². The van der Waals surface area contributed by atoms with E-state index in [4.69, 9.17) is 0 Å². The summed E-state index contributed by atoms with van der Waals surface area (Å²) in [5, 5.41) is 13.3. The molecule has 3 N–H and O–H groups in total. The largest absolute Gasteiger partial charge is 0.394 e. The molecule has 0 bridgehead atoms. The molecule has 2 aromatic carbocycles. The molecule has 1 unspecified atom stereocenters. The Morgan fingerprint density at radius 3 is 2.63 bits per heavy atom. The van der Waals surface area contributed by atoms with Crippen LogP contribution in [0.1, 0.15) is 21.6 Å². The lowest BCUT2D eigenvalue weighted by molar-refractivity contribution is -0.135. The third-order valence-electron chi connectivity index (χ3n) is 5.00. The van der Waals surface area contributed by atoms with E-state index in [0.717, 1.165) is 22.9 Å². The van der Waals surface area contributed by atoms with Crippen molar-refractivity contribution < 1.29 is 14.7 Å². The predicted octanol–water partition coefficient (Wildman–Crippen LogP) is 1.84. The van der Waals surface area contributed by atoms with Crippen LogP contribution in [0.25, 0.3) is 10.9 Å². The van der Waals surface area contributed by atoms with Gasteiger partial charge in [0.1, 0.15) is 11.7 Å². The van der Waals surface area contributed by atoms with Gasteiger partial charge in [-0.2, -0.15) is 0 Å². The lowest BCUT2D eigenvalue weighted by atomic mass is 9.99. The first-order valence-electron chi connectivity index (χ1n) is 9.01. The Bertz CT molecular complexity index is 962. The molecule has 0 aliphatic carbocycles. The van der Waals surface area contributed by atoms with Gasteiger partial charge in [0.2, 0.25) is 5.91 Å². The molecular weight excluding hydrogens is 342 g/mol. The van der Waals surface area contributed by atoms with Crippen LogP contribution in [0.2, 0.25) is 0 Å². The van der Waals surface area contributed by atoms with Crippen LogP contribution in [-0.4, -0.2) is 46.0 Å². The molecule has 27 heavy (non-hydrogen) atoms. The van der Waals surface area contributed by atoms with Gasteiger partial charge in [-0.15, -0.1) is 0 Å². The van der Waals surface area contributed by atoms with Crippen LogP contribution >= 0.6 is 0 Å². The molecule has 1 atom stereocenters. The first-order chi connectivity index (χ1) is 13.2. The van der Waals surface area contributed by atoms with Gasteiger partial charge in [-0.25, -0.2) is 0 Å². The van der Waals surface area contributed by atoms with Crippen molar-refractivity contribution in [3.8, 4) is 0 Å². The van der Waals surface area contributed by atoms with E-state index in [1.54, 1.807) is 11.0 Å². The molecule has 0 spiro atoms. The Morgan fingerprint density at radius 1 is 1.11 bits per heavy atom. The standard InChI is InChI=1S/C21H21N3O3/c25-13-19(21(27)24-10-9-14-5-1-2-7-16(14)12-24)23-20(26)18-11-15-6-3-4-8-17(15)22-18/h1-8,11,19,22,25H,9-10,12-13H2,(H,23,26). The van der Waals surface area contributed by atoms with Crippen molar-refractivity contribution in [1.29, 1.82) is 0 Å². The summed E-state index contributed by atoms with van der Waals surface area (Å²) < 4.78 is 0. The fourth-order valence-electron chi connectivity index (χ4n) is 3.52. The predicted molar refractivity (Wildman–Crippen MR) is 102 cm³/mol. The number of aliphatic hydroxyl groups is 1. The number of amides is 2. The smallest absolute Gasteiger partial charge is 0.268 e. The molecule has 1 aromatic heterocycles. The maximum Gasteiger partial charge on any atom is 0.268 e. The van der Waals surface area contributed by atoms with Crippen molar-refractivity contribution in [2.24, 2.45) is 0 Å². The van der Waals surface area contributed by atoms with E-state index >= 15 is 0 Å². The highest BCUT2D eigenvalue weighted by Gasteiger charge is 2.28. The van der Waals surface area contributed by atoms with Crippen LogP contribution in [-0.2, 0) is 17.8 Å². The number of aromatic nitrogens is 1. The Morgan fingerprint density at radius 2 is 1.85 bits per heavy atom. The number of benzene rings is 2. The van der Waals surface area contributed by atoms with Crippen molar-refractivity contribution in [1.82, 2.24) is 15.2 Å². The van der Waals surface area contributed by atoms with Gasteiger partial charge in [-0.1, -0.05) is 42.5 Å². The molecular formula is C21H21N3O3. The van der Waals surface area contributed by atoms with Crippen LogP contribution in [0, 0.1) is 0 Å². The summed E-state index contributed by atoms with van der Waals surface area (Å²) in [6.45, 7) is 0.630. The van der Waals surface area contributed by atoms with Gasteiger partial charge in [0, 0.05) is 24.0 Å². The zero-order valence-electron chi connectivity index (χ0n) is 14.8. The van der Waals surface area contributed by atoms with Crippen molar-refractivity contribution in [2.75, 3.05) is 13.2 Å². The molecule has 0 saturated carbocycles. The highest BCUT2D eigenvalue weighted by molar-refractivity contribution is 6.00. The van der Waals surface area contributed by atoms with E-state index in [-0.39, 0.29) is 5.91 Å². The number of carbonyl (C=O) groups excluding carboxylic acids is 2. The molecule has 0 radical (unpaired) electrons. The maximum absolute atomic E-state index is 12.8. The number of para-hydroxylation sites is 1. The number of aromatic amines is 1. The summed E-state index contributed by atoms with van der Waals surface area (Å²) in [4.78, 5) is 30.1. The second-order valence-electron chi connectivity index (χ2n) is 6.76. The van der Waals surface area contributed by atoms with Crippen LogP contribution in [0.4, 0.5) is 0 Å². The monoisotopic (exact) mass is 363 g/mol. The number of carbonyl (C=O) groups is 2. The summed E-state index contributed by atoms with van der Waals surface area (Å²) in [5.41, 5.74) is 3.56. The summed E-state index contributed by atoms with van der Waals surface area (Å²) in [5.74, 6) is -0.674. The molecule has 3 aromatic rings. The minimum Gasteiger partial charge on any atom is -0.394 e. The highest BCUT2D eigenvalue weighted by atomic mass is 16.3. The minimum atomic E-state index is -0.964. The molecule has 2 heterocycles. The fourth-order valence-corrected chi connectivity index (χ4v) is 3.52. The molecule has 2 amide bonds. The maximum atomic E-state index is 12.8. The summed E-state index contributed by atoms with van der Waals surface area (Å²) >= 11 is 0. The molecule has 0 fully saturated rings. The average Bonchev–Trinajstić information content (AvgIpc) is 3.15. The van der Waals surface area contributed by atoms with Crippen molar-refractivity contribution in [2.45, 2.75) is 19.0 Å². The van der Waals surface area contributed by atoms with E-state index in [0.29, 0.717) is 18.8 Å². The van der Waals surface area contributed by atoms with Gasteiger partial charge in [0.05, 0.1) is 6.61 Å². The quantitative estimate of drug-likeness (QED) is 0.661. The molecule has 1 aliphatic heterocycles. The van der Waals surface area contributed by atoms with E-state index in [1.807, 2.05) is 42.5 Å². The Balaban J connectivity index is 1.47. The fraction of sp³-hybridized carbons (Fsp3) is 0.238. The number of rotatable bonds is 4. The van der Waals surface area contributed by atoms with Gasteiger partial charge in [0.15, 0.2) is 0 Å². The normalized spacial score (nSPS) is 14.6. The van der Waals surface area contributed by atoms with Crippen molar-refractivity contribution in [3.63, 3.8) is 0 Å². The molecule has 0 saturated heterocycles. The lowest BCUT2D eigenvalue weighted by Crippen LogP contribution is -2.51. The molecule has 138 valence electrons. The SMILES string of the molecule is O=C(NC(CO)C(=O)N1CCc2ccccc2C1)c1cc2ccccc2[nH]1. The van der Waals surface area contributed by atoms with Gasteiger partial charge in [0.25, 0.3) is 5.91 Å². The Labute approximate surface area is 156 Å². The van der Waals surface area contributed by atoms with Crippen LogP contribution in [0.15, 0.2) is 54.6 Å². The van der Waals surface area contributed by atoms with Crippen molar-refractivity contribution >= 4 is 22.7 Å². The zero-order chi connectivity index (χ0) is 18.8. The summed E-state index contributed by atoms with van der Waals surface area (Å²) in [6.07, 6.45) is 0.774. The third-order valence-corrected chi connectivity index (χ3v) is 5.00. The third kappa shape index (κ3) is 3.44. The highest BCUT2D eigenvalue weighted by Crippen LogP contribution is 2.19. The zero-order valence-corrected chi connectivity index (χ0v) is 14.8. The summed E-state index contributed by atoms with van der Waals surface area (Å²) in [7, 11) is 0. The first-order valence-corrected chi connectivity index (χ1v) is 9.01. The lowest BCUT2D eigenvalue weighted by Gasteiger charge is -2.31. The topological polar surface area (TPSA) is 85.4 Å². The van der Waals surface area contributed by atoms with E-state index < -0.39 is 18.6 Å². The number of fused-ring (bicyclic) bond motifs is 2. The van der Waals surface area contributed by atoms with Crippen LogP contribution in [0.3, 0.4) is 0 Å². The number of H-pyrrole nitrogens is 1. The van der Waals surface area contributed by atoms with Gasteiger partial charge in [-0.05, 0) is 29.7 Å². The van der Waals surface area contributed by atoms with Crippen LogP contribution in [0.5, 0.6) is 0 Å². The second-order valence-corrected chi connectivity index (χ2v) is 6.76. The number of hydrogen-bond donors (Lipinski definition) is 3. The van der Waals surface area contributed by atoms with Gasteiger partial charge < -0.3 is 20.3 Å². The molecule has 1 aliphatic rings. The van der Waals surface area contributed by atoms with E-state index in [2.05, 4.69) is 16.4 Å². The second kappa shape index (κ2) is 7.25. The van der Waals surface area contributed by atoms with Crippen molar-refractivity contribution in [3.05, 3.63) is 71.4 Å². The van der Waals surface area contributed by atoms with E-state index in [9.17, 15) is 14.7 Å². The number of nitrogens with one attached hydrogen (secondary N) is 2. The number of nitrogens with zero attached hydrogens (tertiary/aromatic N) is 1. The molecule has 4 rings (SSSR count). The van der Waals surface area contributed by atoms with E-state index in [1.165, 1.54) is 5.56 Å². The van der Waals surface area contributed by atoms with Crippen LogP contribution < -0.4 is 5.32 Å². The minimum absolute atomic E-state index is 0.267. The Hall–Kier alpha value is -3.12. The Kier molecular flexibility index (Phi) is 4.64. The molecule has 6 nitrogen and oxygen atoms in total.